The van der Waals surface area contributed by atoms with Crippen LogP contribution in [0.1, 0.15) is 38.6 Å². The molecule has 0 saturated carbocycles. The number of nitro benzene ring substituents is 1. The first kappa shape index (κ1) is 25.9. The monoisotopic (exact) mass is 533 g/mol. The van der Waals surface area contributed by atoms with Gasteiger partial charge in [0.25, 0.3) is 5.69 Å². The highest BCUT2D eigenvalue weighted by molar-refractivity contribution is 5.97. The van der Waals surface area contributed by atoms with Gasteiger partial charge in [-0.2, -0.15) is 10.4 Å². The Morgan fingerprint density at radius 3 is 2.65 bits per heavy atom. The van der Waals surface area contributed by atoms with E-state index >= 15 is 0 Å². The average molecular weight is 534 g/mol. The van der Waals surface area contributed by atoms with Crippen LogP contribution in [0.2, 0.25) is 0 Å². The minimum atomic E-state index is -0.572. The first-order valence-electron chi connectivity index (χ1n) is 12.3. The van der Waals surface area contributed by atoms with Crippen LogP contribution in [0.3, 0.4) is 0 Å². The van der Waals surface area contributed by atoms with E-state index in [1.807, 2.05) is 62.4 Å². The van der Waals surface area contributed by atoms with Crippen LogP contribution in [0.15, 0.2) is 88.4 Å². The average Bonchev–Trinajstić information content (AvgIpc) is 3.52. The van der Waals surface area contributed by atoms with Crippen LogP contribution in [0, 0.1) is 35.3 Å². The van der Waals surface area contributed by atoms with Gasteiger partial charge in [0.15, 0.2) is 5.76 Å². The number of aryl methyl sites for hydroxylation is 1. The van der Waals surface area contributed by atoms with Crippen LogP contribution in [-0.4, -0.2) is 21.6 Å². The van der Waals surface area contributed by atoms with E-state index in [0.29, 0.717) is 28.9 Å². The predicted octanol–water partition coefficient (Wildman–Crippen LogP) is 5.96. The number of nitrogens with zero attached hydrogens (tertiary/aromatic N) is 4. The van der Waals surface area contributed by atoms with Gasteiger partial charge in [-0.15, -0.1) is 0 Å². The van der Waals surface area contributed by atoms with Gasteiger partial charge in [-0.3, -0.25) is 14.9 Å². The number of nitrogens with one attached hydrogen (secondary N) is 1. The second-order valence-electron chi connectivity index (χ2n) is 9.00. The predicted molar refractivity (Wildman–Crippen MR) is 149 cm³/mol. The van der Waals surface area contributed by atoms with E-state index in [1.54, 1.807) is 12.3 Å². The van der Waals surface area contributed by atoms with Crippen LogP contribution in [0.5, 0.6) is 5.75 Å². The fourth-order valence-electron chi connectivity index (χ4n) is 4.40. The smallest absolute Gasteiger partial charge is 0.307 e. The number of carbonyl (C=O) groups excluding carboxylic acids is 1. The molecule has 1 amide bonds. The van der Waals surface area contributed by atoms with Crippen molar-refractivity contribution in [3.63, 3.8) is 0 Å². The Balaban J connectivity index is 1.25. The molecule has 2 aromatic heterocycles. The number of non-ortho nitro benzene ring substituents is 1. The third-order valence-electron chi connectivity index (χ3n) is 6.40. The van der Waals surface area contributed by atoms with Crippen molar-refractivity contribution in [3.05, 3.63) is 123 Å². The summed E-state index contributed by atoms with van der Waals surface area (Å²) in [5.41, 5.74) is 7.77. The number of furan rings is 1. The molecule has 0 spiro atoms. The number of hydrogen-bond donors (Lipinski definition) is 1. The minimum Gasteiger partial charge on any atom is -0.489 e. The normalized spacial score (nSPS) is 11.0. The number of rotatable bonds is 8. The standard InChI is InChI=1S/C30H23N5O5/c1-19-13-24(17-32-33-30(36)29-15-23-14-26(35(37)38)9-12-28(23)40-29)20(2)34(19)25-7-10-27(11-8-25)39-18-22-6-4-3-5-21(22)16-31/h3-15,17H,18H2,1-2H3,(H,33,36)/b32-17-. The molecule has 5 rings (SSSR count). The first-order valence-corrected chi connectivity index (χ1v) is 12.3. The number of nitro groups is 1. The lowest BCUT2D eigenvalue weighted by Crippen LogP contribution is -2.16. The number of nitriles is 1. The molecule has 3 aromatic carbocycles. The molecule has 5 aromatic rings. The fraction of sp³-hybridized carbons (Fsp3) is 0.100. The molecular weight excluding hydrogens is 510 g/mol. The van der Waals surface area contributed by atoms with Crippen molar-refractivity contribution in [2.75, 3.05) is 0 Å². The summed E-state index contributed by atoms with van der Waals surface area (Å²) in [5, 5.41) is 24.8. The molecule has 0 aliphatic heterocycles. The van der Waals surface area contributed by atoms with Gasteiger partial charge in [-0.1, -0.05) is 18.2 Å². The zero-order valence-corrected chi connectivity index (χ0v) is 21.6. The lowest BCUT2D eigenvalue weighted by Gasteiger charge is -2.12. The van der Waals surface area contributed by atoms with Crippen molar-refractivity contribution in [1.82, 2.24) is 9.99 Å². The van der Waals surface area contributed by atoms with Gasteiger partial charge in [0, 0.05) is 45.7 Å². The Bertz CT molecular complexity index is 1810. The highest BCUT2D eigenvalue weighted by Gasteiger charge is 2.15. The zero-order valence-electron chi connectivity index (χ0n) is 21.6. The van der Waals surface area contributed by atoms with Crippen LogP contribution in [-0.2, 0) is 6.61 Å². The number of aromatic nitrogens is 1. The summed E-state index contributed by atoms with van der Waals surface area (Å²) >= 11 is 0. The largest absolute Gasteiger partial charge is 0.489 e. The topological polar surface area (TPSA) is 136 Å². The van der Waals surface area contributed by atoms with Gasteiger partial charge in [-0.25, -0.2) is 5.43 Å². The van der Waals surface area contributed by atoms with Crippen molar-refractivity contribution in [3.8, 4) is 17.5 Å². The number of amides is 1. The third-order valence-corrected chi connectivity index (χ3v) is 6.40. The second kappa shape index (κ2) is 11.0. The van der Waals surface area contributed by atoms with Gasteiger partial charge >= 0.3 is 5.91 Å². The highest BCUT2D eigenvalue weighted by Crippen LogP contribution is 2.25. The Morgan fingerprint density at radius 1 is 1.12 bits per heavy atom. The van der Waals surface area contributed by atoms with Crippen molar-refractivity contribution in [2.24, 2.45) is 5.10 Å². The van der Waals surface area contributed by atoms with Crippen molar-refractivity contribution < 1.29 is 18.9 Å². The summed E-state index contributed by atoms with van der Waals surface area (Å²) in [7, 11) is 0. The number of fused-ring (bicyclic) bond motifs is 1. The molecule has 0 unspecified atom stereocenters. The number of benzene rings is 3. The zero-order chi connectivity index (χ0) is 28.2. The summed E-state index contributed by atoms with van der Waals surface area (Å²) in [4.78, 5) is 23.0. The molecule has 198 valence electrons. The fourth-order valence-corrected chi connectivity index (χ4v) is 4.40. The summed E-state index contributed by atoms with van der Waals surface area (Å²) in [5.74, 6) is 0.108. The Kier molecular flexibility index (Phi) is 7.11. The molecule has 0 fully saturated rings. The molecule has 1 N–H and O–H groups in total. The van der Waals surface area contributed by atoms with Crippen LogP contribution in [0.25, 0.3) is 16.7 Å². The number of hydrogen-bond acceptors (Lipinski definition) is 7. The minimum absolute atomic E-state index is 0.00320. The van der Waals surface area contributed by atoms with Gasteiger partial charge in [0.2, 0.25) is 0 Å². The quantitative estimate of drug-likeness (QED) is 0.148. The summed E-state index contributed by atoms with van der Waals surface area (Å²) in [6.07, 6.45) is 1.55. The van der Waals surface area contributed by atoms with E-state index in [1.165, 1.54) is 24.3 Å². The number of hydrazone groups is 1. The van der Waals surface area contributed by atoms with E-state index in [0.717, 1.165) is 28.2 Å². The molecule has 10 nitrogen and oxygen atoms in total. The van der Waals surface area contributed by atoms with E-state index in [-0.39, 0.29) is 11.4 Å². The van der Waals surface area contributed by atoms with Crippen molar-refractivity contribution in [2.45, 2.75) is 20.5 Å². The van der Waals surface area contributed by atoms with Crippen LogP contribution < -0.4 is 10.2 Å². The Hall–Kier alpha value is -5.69. The van der Waals surface area contributed by atoms with Gasteiger partial charge in [0.1, 0.15) is 17.9 Å². The molecule has 0 bridgehead atoms. The molecule has 0 aliphatic rings. The molecule has 0 radical (unpaired) electrons. The molecule has 2 heterocycles. The number of ether oxygens (including phenoxy) is 1. The lowest BCUT2D eigenvalue weighted by molar-refractivity contribution is -0.384. The molecule has 40 heavy (non-hydrogen) atoms. The summed E-state index contributed by atoms with van der Waals surface area (Å²) < 4.78 is 13.4. The van der Waals surface area contributed by atoms with Crippen molar-refractivity contribution >= 4 is 28.8 Å². The van der Waals surface area contributed by atoms with Gasteiger partial charge in [-0.05, 0) is 62.4 Å². The van der Waals surface area contributed by atoms with E-state index in [4.69, 9.17) is 9.15 Å². The number of carbonyl (C=O) groups is 1. The third kappa shape index (κ3) is 5.30. The maximum atomic E-state index is 12.5. The van der Waals surface area contributed by atoms with E-state index in [2.05, 4.69) is 21.2 Å². The van der Waals surface area contributed by atoms with Crippen LogP contribution >= 0.6 is 0 Å². The highest BCUT2D eigenvalue weighted by atomic mass is 16.6. The van der Waals surface area contributed by atoms with E-state index in [9.17, 15) is 20.2 Å². The molecule has 10 heteroatoms. The molecular formula is C30H23N5O5. The maximum Gasteiger partial charge on any atom is 0.307 e. The molecule has 0 aliphatic carbocycles. The van der Waals surface area contributed by atoms with Crippen LogP contribution in [0.4, 0.5) is 5.69 Å². The molecule has 0 saturated heterocycles. The van der Waals surface area contributed by atoms with Gasteiger partial charge in [0.05, 0.1) is 22.8 Å². The van der Waals surface area contributed by atoms with Gasteiger partial charge < -0.3 is 13.7 Å². The summed E-state index contributed by atoms with van der Waals surface area (Å²) in [6, 6.07) is 24.7. The maximum absolute atomic E-state index is 12.5. The lowest BCUT2D eigenvalue weighted by atomic mass is 10.1. The Labute approximate surface area is 228 Å². The SMILES string of the molecule is Cc1cc(/C=N\NC(=O)c2cc3cc([N+](=O)[O-])ccc3o2)c(C)n1-c1ccc(OCc2ccccc2C#N)cc1. The first-order chi connectivity index (χ1) is 19.3. The molecule has 0 atom stereocenters. The summed E-state index contributed by atoms with van der Waals surface area (Å²) in [6.45, 7) is 4.22. The van der Waals surface area contributed by atoms with E-state index < -0.39 is 10.8 Å². The second-order valence-corrected chi connectivity index (χ2v) is 9.00. The Morgan fingerprint density at radius 2 is 1.90 bits per heavy atom. The van der Waals surface area contributed by atoms with Crippen molar-refractivity contribution in [1.29, 1.82) is 5.26 Å².